The van der Waals surface area contributed by atoms with Crippen molar-refractivity contribution in [3.05, 3.63) is 59.4 Å². The first-order valence-electron chi connectivity index (χ1n) is 8.19. The van der Waals surface area contributed by atoms with E-state index in [0.717, 1.165) is 16.9 Å². The molecule has 0 saturated carbocycles. The van der Waals surface area contributed by atoms with Crippen molar-refractivity contribution in [3.63, 3.8) is 0 Å². The molecule has 0 aliphatic heterocycles. The monoisotopic (exact) mass is 356 g/mol. The molecule has 0 aliphatic rings. The predicted molar refractivity (Wildman–Crippen MR) is 97.4 cm³/mol. The molecule has 0 bridgehead atoms. The smallest absolute Gasteiger partial charge is 0.322 e. The summed E-state index contributed by atoms with van der Waals surface area (Å²) in [5.74, 6) is 0.953. The van der Waals surface area contributed by atoms with E-state index < -0.39 is 0 Å². The number of halogens is 1. The zero-order valence-corrected chi connectivity index (χ0v) is 15.0. The topological polar surface area (TPSA) is 63.4 Å². The van der Waals surface area contributed by atoms with Gasteiger partial charge >= 0.3 is 6.01 Å². The Balaban J connectivity index is 1.65. The average molecular weight is 356 g/mol. The van der Waals surface area contributed by atoms with Gasteiger partial charge < -0.3 is 19.5 Å². The van der Waals surface area contributed by atoms with Crippen LogP contribution in [0.2, 0.25) is 0 Å². The Bertz CT molecular complexity index is 879. The number of hydrogen-bond donors (Lipinski definition) is 1. The Morgan fingerprint density at radius 2 is 2.04 bits per heavy atom. The molecular formula is C19H21FN4O2. The molecule has 0 unspecified atom stereocenters. The lowest BCUT2D eigenvalue weighted by Crippen LogP contribution is -2.12. The van der Waals surface area contributed by atoms with Gasteiger partial charge in [0.2, 0.25) is 5.82 Å². The highest BCUT2D eigenvalue weighted by molar-refractivity contribution is 5.57. The molecule has 1 N–H and O–H groups in total. The van der Waals surface area contributed by atoms with Crippen molar-refractivity contribution < 1.29 is 13.7 Å². The fraction of sp³-hybridized carbons (Fsp3) is 0.263. The first-order valence-corrected chi connectivity index (χ1v) is 8.19. The molecule has 6 nitrogen and oxygen atoms in total. The molecular weight excluding hydrogens is 335 g/mol. The summed E-state index contributed by atoms with van der Waals surface area (Å²) in [4.78, 5) is 6.23. The molecule has 7 heteroatoms. The number of nitrogens with one attached hydrogen (secondary N) is 1. The van der Waals surface area contributed by atoms with E-state index in [4.69, 9.17) is 9.26 Å². The number of rotatable bonds is 7. The lowest BCUT2D eigenvalue weighted by Gasteiger charge is -2.11. The zero-order valence-electron chi connectivity index (χ0n) is 15.0. The van der Waals surface area contributed by atoms with Crippen LogP contribution in [0, 0.1) is 5.82 Å². The van der Waals surface area contributed by atoms with Gasteiger partial charge in [-0.05, 0) is 37.9 Å². The number of methoxy groups -OCH3 is 1. The summed E-state index contributed by atoms with van der Waals surface area (Å²) in [5, 5.41) is 6.97. The summed E-state index contributed by atoms with van der Waals surface area (Å²) in [6.07, 6.45) is 0. The van der Waals surface area contributed by atoms with Gasteiger partial charge in [-0.2, -0.15) is 4.98 Å². The van der Waals surface area contributed by atoms with E-state index in [-0.39, 0.29) is 11.8 Å². The maximum absolute atomic E-state index is 14.1. The summed E-state index contributed by atoms with van der Waals surface area (Å²) >= 11 is 0. The molecule has 0 aliphatic carbocycles. The van der Waals surface area contributed by atoms with Gasteiger partial charge in [0.05, 0.1) is 7.11 Å². The van der Waals surface area contributed by atoms with Crippen molar-refractivity contribution >= 4 is 6.01 Å². The molecule has 0 fully saturated rings. The average Bonchev–Trinajstić information content (AvgIpc) is 3.11. The summed E-state index contributed by atoms with van der Waals surface area (Å²) in [5.41, 5.74) is 2.25. The molecule has 0 saturated heterocycles. The molecule has 3 rings (SSSR count). The standard InChI is InChI=1S/C19H21FN4O2/c1-24(2)12-15-8-7-13(9-17(15)20)11-21-19-22-18(23-26-19)14-5-4-6-16(10-14)25-3/h4-10H,11-12H2,1-3H3,(H,21,22,23). The molecule has 3 aromatic rings. The molecule has 0 atom stereocenters. The highest BCUT2D eigenvalue weighted by Crippen LogP contribution is 2.22. The minimum atomic E-state index is -0.222. The highest BCUT2D eigenvalue weighted by atomic mass is 19.1. The minimum Gasteiger partial charge on any atom is -0.497 e. The van der Waals surface area contributed by atoms with Crippen LogP contribution in [0.5, 0.6) is 5.75 Å². The van der Waals surface area contributed by atoms with Crippen molar-refractivity contribution in [2.45, 2.75) is 13.1 Å². The van der Waals surface area contributed by atoms with Crippen LogP contribution in [0.15, 0.2) is 47.0 Å². The summed E-state index contributed by atoms with van der Waals surface area (Å²) in [6, 6.07) is 12.9. The molecule has 0 spiro atoms. The van der Waals surface area contributed by atoms with Gasteiger partial charge in [0.25, 0.3) is 0 Å². The van der Waals surface area contributed by atoms with Crippen molar-refractivity contribution in [2.24, 2.45) is 0 Å². The number of aromatic nitrogens is 2. The van der Waals surface area contributed by atoms with Crippen molar-refractivity contribution in [1.29, 1.82) is 0 Å². The van der Waals surface area contributed by atoms with Crippen LogP contribution in [0.25, 0.3) is 11.4 Å². The van der Waals surface area contributed by atoms with Gasteiger partial charge in [-0.25, -0.2) is 4.39 Å². The SMILES string of the molecule is COc1cccc(-c2noc(NCc3ccc(CN(C)C)c(F)c3)n2)c1. The zero-order chi connectivity index (χ0) is 18.5. The molecule has 1 heterocycles. The van der Waals surface area contributed by atoms with E-state index in [1.807, 2.05) is 49.3 Å². The summed E-state index contributed by atoms with van der Waals surface area (Å²) in [7, 11) is 5.42. The maximum atomic E-state index is 14.1. The molecule has 0 radical (unpaired) electrons. The first-order chi connectivity index (χ1) is 12.5. The number of ether oxygens (including phenoxy) is 1. The normalized spacial score (nSPS) is 11.0. The predicted octanol–water partition coefficient (Wildman–Crippen LogP) is 3.56. The van der Waals surface area contributed by atoms with Crippen LogP contribution < -0.4 is 10.1 Å². The molecule has 1 aromatic heterocycles. The number of anilines is 1. The third-order valence-corrected chi connectivity index (χ3v) is 3.80. The largest absolute Gasteiger partial charge is 0.497 e. The van der Waals surface area contributed by atoms with Gasteiger partial charge in [-0.15, -0.1) is 0 Å². The van der Waals surface area contributed by atoms with Crippen molar-refractivity contribution in [3.8, 4) is 17.1 Å². The second-order valence-corrected chi connectivity index (χ2v) is 6.17. The highest BCUT2D eigenvalue weighted by Gasteiger charge is 2.10. The molecule has 2 aromatic carbocycles. The Morgan fingerprint density at radius 1 is 1.19 bits per heavy atom. The number of hydrogen-bond acceptors (Lipinski definition) is 6. The van der Waals surface area contributed by atoms with Crippen molar-refractivity contribution in [2.75, 3.05) is 26.5 Å². The van der Waals surface area contributed by atoms with E-state index in [1.165, 1.54) is 6.07 Å². The Morgan fingerprint density at radius 3 is 2.77 bits per heavy atom. The second kappa shape index (κ2) is 7.97. The van der Waals surface area contributed by atoms with Crippen LogP contribution in [0.3, 0.4) is 0 Å². The lowest BCUT2D eigenvalue weighted by atomic mass is 10.1. The van der Waals surface area contributed by atoms with E-state index in [0.29, 0.717) is 24.5 Å². The minimum absolute atomic E-state index is 0.222. The number of nitrogens with zero attached hydrogens (tertiary/aromatic N) is 3. The third kappa shape index (κ3) is 4.37. The van der Waals surface area contributed by atoms with Gasteiger partial charge in [-0.3, -0.25) is 0 Å². The summed E-state index contributed by atoms with van der Waals surface area (Å²) < 4.78 is 24.5. The number of benzene rings is 2. The van der Waals surface area contributed by atoms with Crippen LogP contribution >= 0.6 is 0 Å². The van der Waals surface area contributed by atoms with E-state index in [2.05, 4.69) is 15.5 Å². The quantitative estimate of drug-likeness (QED) is 0.698. The Hall–Kier alpha value is -2.93. The van der Waals surface area contributed by atoms with Gasteiger partial charge in [0.15, 0.2) is 0 Å². The maximum Gasteiger partial charge on any atom is 0.322 e. The molecule has 136 valence electrons. The van der Waals surface area contributed by atoms with Crippen LogP contribution in [-0.4, -0.2) is 36.2 Å². The second-order valence-electron chi connectivity index (χ2n) is 6.17. The Kier molecular flexibility index (Phi) is 5.48. The van der Waals surface area contributed by atoms with Gasteiger partial charge in [0.1, 0.15) is 11.6 Å². The molecule has 26 heavy (non-hydrogen) atoms. The van der Waals surface area contributed by atoms with Crippen LogP contribution in [0.1, 0.15) is 11.1 Å². The molecule has 0 amide bonds. The fourth-order valence-electron chi connectivity index (χ4n) is 2.52. The lowest BCUT2D eigenvalue weighted by molar-refractivity contribution is 0.392. The Labute approximate surface area is 151 Å². The first kappa shape index (κ1) is 17.9. The van der Waals surface area contributed by atoms with E-state index in [9.17, 15) is 4.39 Å². The van der Waals surface area contributed by atoms with E-state index >= 15 is 0 Å². The fourth-order valence-corrected chi connectivity index (χ4v) is 2.52. The van der Waals surface area contributed by atoms with Crippen molar-refractivity contribution in [1.82, 2.24) is 15.0 Å². The van der Waals surface area contributed by atoms with Crippen LogP contribution in [-0.2, 0) is 13.1 Å². The van der Waals surface area contributed by atoms with E-state index in [1.54, 1.807) is 13.2 Å². The van der Waals surface area contributed by atoms with Gasteiger partial charge in [0, 0.05) is 24.2 Å². The van der Waals surface area contributed by atoms with Crippen LogP contribution in [0.4, 0.5) is 10.4 Å². The summed E-state index contributed by atoms with van der Waals surface area (Å²) in [6.45, 7) is 0.950. The van der Waals surface area contributed by atoms with Gasteiger partial charge in [-0.1, -0.05) is 29.4 Å². The third-order valence-electron chi connectivity index (χ3n) is 3.80.